The Morgan fingerprint density at radius 2 is 2.25 bits per heavy atom. The predicted molar refractivity (Wildman–Crippen MR) is 71.1 cm³/mol. The zero-order valence-electron chi connectivity index (χ0n) is 8.98. The highest BCUT2D eigenvalue weighted by Gasteiger charge is 2.19. The summed E-state index contributed by atoms with van der Waals surface area (Å²) in [4.78, 5) is 0. The molecule has 0 saturated heterocycles. The van der Waals surface area contributed by atoms with Crippen LogP contribution in [0.2, 0.25) is 5.02 Å². The molecule has 0 bridgehead atoms. The van der Waals surface area contributed by atoms with Crippen molar-refractivity contribution < 1.29 is 0 Å². The van der Waals surface area contributed by atoms with Crippen molar-refractivity contribution in [1.29, 1.82) is 0 Å². The van der Waals surface area contributed by atoms with Crippen molar-refractivity contribution in [1.82, 2.24) is 9.88 Å². The second kappa shape index (κ2) is 3.76. The van der Waals surface area contributed by atoms with Gasteiger partial charge in [-0.25, -0.2) is 0 Å². The van der Waals surface area contributed by atoms with Gasteiger partial charge in [0.2, 0.25) is 0 Å². The first-order valence-corrected chi connectivity index (χ1v) is 6.53. The third-order valence-corrected chi connectivity index (χ3v) is 4.55. The summed E-state index contributed by atoms with van der Waals surface area (Å²) >= 11 is 9.89. The van der Waals surface area contributed by atoms with Crippen molar-refractivity contribution in [2.75, 3.05) is 6.54 Å². The maximum atomic E-state index is 6.20. The lowest BCUT2D eigenvalue weighted by molar-refractivity contribution is 0.524. The van der Waals surface area contributed by atoms with Crippen LogP contribution in [-0.2, 0) is 13.1 Å². The molecule has 1 aromatic carbocycles. The molecule has 3 rings (SSSR count). The predicted octanol–water partition coefficient (Wildman–Crippen LogP) is 3.47. The molecule has 2 aromatic rings. The molecule has 0 radical (unpaired) electrons. The van der Waals surface area contributed by atoms with Crippen LogP contribution in [0.25, 0.3) is 10.9 Å². The Morgan fingerprint density at radius 3 is 3.06 bits per heavy atom. The van der Waals surface area contributed by atoms with Gasteiger partial charge in [0.1, 0.15) is 0 Å². The fraction of sp³-hybridized carbons (Fsp3) is 0.333. The van der Waals surface area contributed by atoms with Gasteiger partial charge in [0.05, 0.1) is 5.52 Å². The van der Waals surface area contributed by atoms with Crippen LogP contribution in [0.1, 0.15) is 11.3 Å². The van der Waals surface area contributed by atoms with E-state index in [1.165, 1.54) is 26.6 Å². The van der Waals surface area contributed by atoms with E-state index in [2.05, 4.69) is 38.8 Å². The normalized spacial score (nSPS) is 15.4. The van der Waals surface area contributed by atoms with E-state index in [1.54, 1.807) is 0 Å². The van der Waals surface area contributed by atoms with Crippen molar-refractivity contribution in [3.63, 3.8) is 0 Å². The first-order chi connectivity index (χ1) is 7.70. The molecular weight excluding hydrogens is 288 g/mol. The van der Waals surface area contributed by atoms with Crippen LogP contribution in [0, 0.1) is 6.92 Å². The quantitative estimate of drug-likeness (QED) is 0.788. The van der Waals surface area contributed by atoms with Crippen LogP contribution in [0.15, 0.2) is 16.6 Å². The Labute approximate surface area is 108 Å². The third-order valence-electron chi connectivity index (χ3n) is 3.26. The minimum Gasteiger partial charge on any atom is -0.341 e. The second-order valence-corrected chi connectivity index (χ2v) is 5.36. The highest BCUT2D eigenvalue weighted by molar-refractivity contribution is 9.10. The number of halogens is 2. The van der Waals surface area contributed by atoms with Crippen LogP contribution in [0.5, 0.6) is 0 Å². The van der Waals surface area contributed by atoms with Crippen molar-refractivity contribution in [3.8, 4) is 0 Å². The Hall–Kier alpha value is -0.510. The summed E-state index contributed by atoms with van der Waals surface area (Å²) in [5.74, 6) is 0. The molecule has 4 heteroatoms. The molecule has 0 amide bonds. The van der Waals surface area contributed by atoms with E-state index in [0.717, 1.165) is 24.7 Å². The molecule has 0 aliphatic carbocycles. The molecule has 16 heavy (non-hydrogen) atoms. The molecule has 0 unspecified atom stereocenters. The maximum absolute atomic E-state index is 6.20. The largest absolute Gasteiger partial charge is 0.341 e. The van der Waals surface area contributed by atoms with Gasteiger partial charge in [0, 0.05) is 40.2 Å². The van der Waals surface area contributed by atoms with Crippen molar-refractivity contribution in [2.45, 2.75) is 20.0 Å². The summed E-state index contributed by atoms with van der Waals surface area (Å²) in [7, 11) is 0. The molecule has 0 atom stereocenters. The van der Waals surface area contributed by atoms with E-state index in [0.29, 0.717) is 0 Å². The number of nitrogens with zero attached hydrogens (tertiary/aromatic N) is 1. The van der Waals surface area contributed by atoms with Crippen LogP contribution in [0.4, 0.5) is 0 Å². The smallest absolute Gasteiger partial charge is 0.0539 e. The zero-order valence-corrected chi connectivity index (χ0v) is 11.3. The first kappa shape index (κ1) is 10.6. The first-order valence-electron chi connectivity index (χ1n) is 5.36. The van der Waals surface area contributed by atoms with Gasteiger partial charge in [0.15, 0.2) is 0 Å². The molecule has 2 nitrogen and oxygen atoms in total. The highest BCUT2D eigenvalue weighted by Crippen LogP contribution is 2.36. The van der Waals surface area contributed by atoms with Crippen LogP contribution < -0.4 is 5.32 Å². The van der Waals surface area contributed by atoms with Gasteiger partial charge in [-0.05, 0) is 34.5 Å². The SMILES string of the molecule is Cc1c(Cl)ccc2c(Br)c3n(c12)CCNC3. The van der Waals surface area contributed by atoms with Gasteiger partial charge in [-0.15, -0.1) is 0 Å². The van der Waals surface area contributed by atoms with Gasteiger partial charge in [-0.3, -0.25) is 0 Å². The Balaban J connectivity index is 2.45. The van der Waals surface area contributed by atoms with E-state index in [-0.39, 0.29) is 0 Å². The summed E-state index contributed by atoms with van der Waals surface area (Å²) in [6, 6.07) is 4.07. The van der Waals surface area contributed by atoms with Crippen LogP contribution >= 0.6 is 27.5 Å². The van der Waals surface area contributed by atoms with Crippen LogP contribution in [0.3, 0.4) is 0 Å². The van der Waals surface area contributed by atoms with E-state index >= 15 is 0 Å². The van der Waals surface area contributed by atoms with Gasteiger partial charge in [-0.1, -0.05) is 17.7 Å². The fourth-order valence-corrected chi connectivity index (χ4v) is 3.25. The highest BCUT2D eigenvalue weighted by atomic mass is 79.9. The molecular formula is C12H12BrClN2. The van der Waals surface area contributed by atoms with Gasteiger partial charge >= 0.3 is 0 Å². The van der Waals surface area contributed by atoms with Gasteiger partial charge in [-0.2, -0.15) is 0 Å². The summed E-state index contributed by atoms with van der Waals surface area (Å²) in [6.45, 7) is 5.05. The van der Waals surface area contributed by atoms with Crippen molar-refractivity contribution >= 4 is 38.4 Å². The van der Waals surface area contributed by atoms with Crippen LogP contribution in [-0.4, -0.2) is 11.1 Å². The number of nitrogens with one attached hydrogen (secondary N) is 1. The summed E-state index contributed by atoms with van der Waals surface area (Å²) < 4.78 is 3.58. The Kier molecular flexibility index (Phi) is 2.50. The molecule has 1 aliphatic heterocycles. The molecule has 0 saturated carbocycles. The number of fused-ring (bicyclic) bond motifs is 3. The minimum atomic E-state index is 0.846. The topological polar surface area (TPSA) is 17.0 Å². The summed E-state index contributed by atoms with van der Waals surface area (Å²) in [5.41, 5.74) is 3.77. The molecule has 84 valence electrons. The van der Waals surface area contributed by atoms with E-state index < -0.39 is 0 Å². The van der Waals surface area contributed by atoms with Crippen molar-refractivity contribution in [3.05, 3.63) is 32.9 Å². The molecule has 1 aliphatic rings. The monoisotopic (exact) mass is 298 g/mol. The fourth-order valence-electron chi connectivity index (χ4n) is 2.43. The lowest BCUT2D eigenvalue weighted by atomic mass is 10.1. The van der Waals surface area contributed by atoms with E-state index in [1.807, 2.05) is 6.07 Å². The number of rotatable bonds is 0. The average molecular weight is 300 g/mol. The average Bonchev–Trinajstić information content (AvgIpc) is 2.59. The number of hydrogen-bond acceptors (Lipinski definition) is 1. The third kappa shape index (κ3) is 1.35. The molecule has 1 aromatic heterocycles. The summed E-state index contributed by atoms with van der Waals surface area (Å²) in [5, 5.41) is 5.50. The number of aromatic nitrogens is 1. The number of benzene rings is 1. The van der Waals surface area contributed by atoms with E-state index in [4.69, 9.17) is 11.6 Å². The molecule has 0 spiro atoms. The summed E-state index contributed by atoms with van der Waals surface area (Å²) in [6.07, 6.45) is 0. The molecule has 2 heterocycles. The number of aryl methyl sites for hydroxylation is 1. The zero-order chi connectivity index (χ0) is 11.3. The van der Waals surface area contributed by atoms with Gasteiger partial charge < -0.3 is 9.88 Å². The minimum absolute atomic E-state index is 0.846. The lowest BCUT2D eigenvalue weighted by Gasteiger charge is -2.18. The van der Waals surface area contributed by atoms with Gasteiger partial charge in [0.25, 0.3) is 0 Å². The molecule has 0 fully saturated rings. The standard InChI is InChI=1S/C12H12BrClN2/c1-7-9(14)3-2-8-11(13)10-6-15-4-5-16(10)12(7)8/h2-3,15H,4-6H2,1H3. The number of hydrogen-bond donors (Lipinski definition) is 1. The maximum Gasteiger partial charge on any atom is 0.0539 e. The van der Waals surface area contributed by atoms with E-state index in [9.17, 15) is 0 Å². The lowest BCUT2D eigenvalue weighted by Crippen LogP contribution is -2.27. The Bertz CT molecular complexity index is 574. The Morgan fingerprint density at radius 1 is 1.44 bits per heavy atom. The molecule has 1 N–H and O–H groups in total. The van der Waals surface area contributed by atoms with Crippen molar-refractivity contribution in [2.24, 2.45) is 0 Å². The second-order valence-electron chi connectivity index (χ2n) is 4.16.